The molecule has 0 spiro atoms. The lowest BCUT2D eigenvalue weighted by molar-refractivity contribution is -0.154. The fourth-order valence-electron chi connectivity index (χ4n) is 6.38. The van der Waals surface area contributed by atoms with Crippen molar-refractivity contribution in [3.8, 4) is 0 Å². The Bertz CT molecular complexity index is 1470. The van der Waals surface area contributed by atoms with Crippen LogP contribution in [-0.4, -0.2) is 49.9 Å². The first-order chi connectivity index (χ1) is 32.4. The van der Waals surface area contributed by atoms with Gasteiger partial charge in [-0.3, -0.25) is 13.8 Å². The molecule has 2 atom stereocenters. The van der Waals surface area contributed by atoms with Crippen molar-refractivity contribution in [3.63, 3.8) is 0 Å². The van der Waals surface area contributed by atoms with Crippen LogP contribution in [0.5, 0.6) is 0 Å². The average Bonchev–Trinajstić information content (AvgIpc) is 3.31. The normalized spacial score (nSPS) is 14.4. The molecule has 0 aliphatic heterocycles. The Morgan fingerprint density at radius 2 is 0.803 bits per heavy atom. The number of carbonyl (C=O) groups excluding carboxylic acids is 1. The van der Waals surface area contributed by atoms with Crippen LogP contribution in [0, 0.1) is 0 Å². The van der Waals surface area contributed by atoms with Gasteiger partial charge in [0.05, 0.1) is 19.8 Å². The van der Waals surface area contributed by atoms with Gasteiger partial charge in [0.2, 0.25) is 0 Å². The van der Waals surface area contributed by atoms with Crippen molar-refractivity contribution in [1.29, 1.82) is 0 Å². The summed E-state index contributed by atoms with van der Waals surface area (Å²) < 4.78 is 33.6. The van der Waals surface area contributed by atoms with Gasteiger partial charge in [-0.25, -0.2) is 4.57 Å². The van der Waals surface area contributed by atoms with Crippen molar-refractivity contribution < 1.29 is 32.8 Å². The standard InChI is InChI=1S/C57H94NO7P/c1-3-5-7-9-11-13-15-17-19-21-23-25-27-28-29-30-32-34-36-38-40-42-44-46-48-50-57(59)65-56(55-64-66(60,61)63-53-51-58)54-62-52-49-47-45-43-41-39-37-35-33-31-26-24-22-20-18-16-14-12-10-8-6-4-2/h5-8,11-14,17-20,23-26,28-29,32,34,38,40,56H,3-4,9-10,15-16,21-22,27,30-31,33,35-37,39,41-55,58H2,1-2H3,(H,60,61)/b7-5-,8-6-,13-11-,14-12-,19-17-,20-18-,25-23-,26-24-,29-28-,34-32-,40-38-. The number of nitrogens with two attached hydrogens (primary N) is 1. The minimum absolute atomic E-state index is 0.0853. The molecule has 0 heterocycles. The minimum Gasteiger partial charge on any atom is -0.457 e. The summed E-state index contributed by atoms with van der Waals surface area (Å²) in [6.07, 6.45) is 74.8. The maximum Gasteiger partial charge on any atom is 0.472 e. The van der Waals surface area contributed by atoms with E-state index in [0.29, 0.717) is 13.0 Å². The molecule has 0 saturated carbocycles. The molecule has 0 amide bonds. The Hall–Kier alpha value is -3.36. The lowest BCUT2D eigenvalue weighted by atomic mass is 10.1. The van der Waals surface area contributed by atoms with Gasteiger partial charge in [-0.2, -0.15) is 0 Å². The van der Waals surface area contributed by atoms with Crippen LogP contribution in [0.25, 0.3) is 0 Å². The number of hydrogen-bond donors (Lipinski definition) is 2. The summed E-state index contributed by atoms with van der Waals surface area (Å²) in [5.41, 5.74) is 5.39. The number of unbranched alkanes of at least 4 members (excludes halogenated alkanes) is 12. The molecule has 66 heavy (non-hydrogen) atoms. The molecule has 0 aromatic rings. The third kappa shape index (κ3) is 51.6. The minimum atomic E-state index is -4.31. The second-order valence-corrected chi connectivity index (χ2v) is 17.7. The number of phosphoric ester groups is 1. The monoisotopic (exact) mass is 936 g/mol. The molecule has 0 aromatic carbocycles. The molecule has 2 unspecified atom stereocenters. The summed E-state index contributed by atoms with van der Waals surface area (Å²) in [6.45, 7) is 4.60. The van der Waals surface area contributed by atoms with Gasteiger partial charge in [0, 0.05) is 19.6 Å². The second kappa shape index (κ2) is 52.6. The first-order valence-electron chi connectivity index (χ1n) is 25.7. The molecule has 374 valence electrons. The van der Waals surface area contributed by atoms with Crippen molar-refractivity contribution >= 4 is 13.8 Å². The Balaban J connectivity index is 4.09. The number of hydrogen-bond acceptors (Lipinski definition) is 7. The van der Waals surface area contributed by atoms with Crippen molar-refractivity contribution in [2.24, 2.45) is 5.73 Å². The molecule has 0 aromatic heterocycles. The van der Waals surface area contributed by atoms with Crippen LogP contribution in [0.3, 0.4) is 0 Å². The average molecular weight is 936 g/mol. The lowest BCUT2D eigenvalue weighted by Gasteiger charge is -2.20. The van der Waals surface area contributed by atoms with E-state index in [-0.39, 0.29) is 38.8 Å². The van der Waals surface area contributed by atoms with Crippen LogP contribution < -0.4 is 5.73 Å². The maximum atomic E-state index is 12.7. The van der Waals surface area contributed by atoms with E-state index < -0.39 is 13.9 Å². The zero-order valence-electron chi connectivity index (χ0n) is 41.6. The van der Waals surface area contributed by atoms with E-state index in [0.717, 1.165) is 116 Å². The number of carbonyl (C=O) groups is 1. The van der Waals surface area contributed by atoms with E-state index >= 15 is 0 Å². The van der Waals surface area contributed by atoms with Crippen LogP contribution in [-0.2, 0) is 27.9 Å². The van der Waals surface area contributed by atoms with E-state index in [1.807, 2.05) is 0 Å². The molecular formula is C57H94NO7P. The smallest absolute Gasteiger partial charge is 0.457 e. The van der Waals surface area contributed by atoms with Crippen molar-refractivity contribution in [1.82, 2.24) is 0 Å². The molecule has 0 rings (SSSR count). The van der Waals surface area contributed by atoms with E-state index in [1.54, 1.807) is 0 Å². The predicted octanol–water partition coefficient (Wildman–Crippen LogP) is 16.3. The maximum absolute atomic E-state index is 12.7. The molecule has 0 fully saturated rings. The van der Waals surface area contributed by atoms with Gasteiger partial charge in [-0.05, 0) is 109 Å². The fraction of sp³-hybridized carbons (Fsp3) is 0.596. The van der Waals surface area contributed by atoms with Crippen molar-refractivity contribution in [2.45, 2.75) is 187 Å². The fourth-order valence-corrected chi connectivity index (χ4v) is 7.14. The molecular weight excluding hydrogens is 842 g/mol. The molecule has 9 heteroatoms. The Morgan fingerprint density at radius 1 is 0.455 bits per heavy atom. The van der Waals surface area contributed by atoms with Crippen LogP contribution in [0.4, 0.5) is 0 Å². The lowest BCUT2D eigenvalue weighted by Crippen LogP contribution is -2.28. The van der Waals surface area contributed by atoms with Gasteiger partial charge in [-0.15, -0.1) is 0 Å². The molecule has 0 bridgehead atoms. The van der Waals surface area contributed by atoms with E-state index in [9.17, 15) is 14.3 Å². The molecule has 3 N–H and O–H groups in total. The molecule has 0 saturated heterocycles. The van der Waals surface area contributed by atoms with Crippen LogP contribution in [0.15, 0.2) is 134 Å². The SMILES string of the molecule is CC/C=C\C/C=C\C/C=C\C/C=C\C/C=C\C/C=C\C/C=C\CCCCCC(=O)OC(COCCCCCCCCCCC/C=C\C/C=C\C/C=C\C/C=C\CC)COP(=O)(O)OCCN. The molecule has 8 nitrogen and oxygen atoms in total. The zero-order valence-corrected chi connectivity index (χ0v) is 42.5. The number of rotatable bonds is 47. The van der Waals surface area contributed by atoms with Gasteiger partial charge in [0.25, 0.3) is 0 Å². The van der Waals surface area contributed by atoms with Crippen molar-refractivity contribution in [2.75, 3.05) is 33.0 Å². The summed E-state index contributed by atoms with van der Waals surface area (Å²) in [6, 6.07) is 0. The first kappa shape index (κ1) is 62.6. The third-order valence-corrected chi connectivity index (χ3v) is 11.0. The largest absolute Gasteiger partial charge is 0.472 e. The predicted molar refractivity (Wildman–Crippen MR) is 283 cm³/mol. The molecule has 0 aliphatic rings. The van der Waals surface area contributed by atoms with E-state index in [4.69, 9.17) is 24.3 Å². The highest BCUT2D eigenvalue weighted by atomic mass is 31.2. The highest BCUT2D eigenvalue weighted by Crippen LogP contribution is 2.43. The van der Waals surface area contributed by atoms with Gasteiger partial charge in [0.1, 0.15) is 6.10 Å². The van der Waals surface area contributed by atoms with E-state index in [2.05, 4.69) is 148 Å². The Labute approximate surface area is 404 Å². The Morgan fingerprint density at radius 3 is 1.20 bits per heavy atom. The van der Waals surface area contributed by atoms with Gasteiger partial charge >= 0.3 is 13.8 Å². The van der Waals surface area contributed by atoms with Crippen molar-refractivity contribution in [3.05, 3.63) is 134 Å². The summed E-state index contributed by atoms with van der Waals surface area (Å²) >= 11 is 0. The number of esters is 1. The van der Waals surface area contributed by atoms with Crippen LogP contribution >= 0.6 is 7.82 Å². The number of allylic oxidation sites excluding steroid dienone is 22. The van der Waals surface area contributed by atoms with Gasteiger partial charge in [0.15, 0.2) is 0 Å². The highest BCUT2D eigenvalue weighted by Gasteiger charge is 2.25. The number of ether oxygens (including phenoxy) is 2. The summed E-state index contributed by atoms with van der Waals surface area (Å²) in [5, 5.41) is 0. The summed E-state index contributed by atoms with van der Waals surface area (Å²) in [4.78, 5) is 22.6. The van der Waals surface area contributed by atoms with Crippen LogP contribution in [0.1, 0.15) is 181 Å². The quantitative estimate of drug-likeness (QED) is 0.0268. The van der Waals surface area contributed by atoms with Gasteiger partial charge in [-0.1, -0.05) is 199 Å². The summed E-state index contributed by atoms with van der Waals surface area (Å²) in [7, 11) is -4.31. The number of phosphoric acid groups is 1. The van der Waals surface area contributed by atoms with E-state index in [1.165, 1.54) is 38.5 Å². The van der Waals surface area contributed by atoms with Crippen LogP contribution in [0.2, 0.25) is 0 Å². The van der Waals surface area contributed by atoms with Gasteiger partial charge < -0.3 is 20.1 Å². The highest BCUT2D eigenvalue weighted by molar-refractivity contribution is 7.47. The molecule has 0 aliphatic carbocycles. The zero-order chi connectivity index (χ0) is 48.0. The first-order valence-corrected chi connectivity index (χ1v) is 27.2. The second-order valence-electron chi connectivity index (χ2n) is 16.3. The third-order valence-electron chi connectivity index (χ3n) is 10.1. The molecule has 0 radical (unpaired) electrons. The Kier molecular flexibility index (Phi) is 49.9. The summed E-state index contributed by atoms with van der Waals surface area (Å²) in [5.74, 6) is -0.370. The topological polar surface area (TPSA) is 117 Å².